The Hall–Kier alpha value is -1.40. The van der Waals surface area contributed by atoms with Crippen LogP contribution in [0.5, 0.6) is 0 Å². The van der Waals surface area contributed by atoms with Gasteiger partial charge in [0.15, 0.2) is 0 Å². The lowest BCUT2D eigenvalue weighted by Crippen LogP contribution is -2.53. The fraction of sp³-hybridized carbons (Fsp3) is 0.778. The van der Waals surface area contributed by atoms with Gasteiger partial charge in [-0.25, -0.2) is 9.00 Å². The van der Waals surface area contributed by atoms with Gasteiger partial charge < -0.3 is 21.1 Å². The summed E-state index contributed by atoms with van der Waals surface area (Å²) in [6.07, 6.45) is -7.39. The number of nitrogens with two attached hydrogens (primary N) is 1. The molecule has 0 saturated heterocycles. The van der Waals surface area contributed by atoms with Crippen LogP contribution in [0.4, 0.5) is 13.2 Å². The summed E-state index contributed by atoms with van der Waals surface area (Å²) in [6.45, 7) is 0. The number of halogens is 3. The molecule has 0 aliphatic carbocycles. The standard InChI is InChI=1S/C9H15F3N2O6S/c10-9(11,12)8(19,7(17)18)2-4-21(14,20)3-1-5(13)6(15)16/h5,14,19H,1-4,13H2,(H,15,16)(H,17,18)/t5-,8?,21?/m0/s1. The lowest BCUT2D eigenvalue weighted by molar-refractivity contribution is -0.260. The third kappa shape index (κ3) is 5.47. The van der Waals surface area contributed by atoms with Gasteiger partial charge in [-0.1, -0.05) is 0 Å². The third-order valence-corrected chi connectivity index (χ3v) is 4.45. The molecule has 0 amide bonds. The van der Waals surface area contributed by atoms with Gasteiger partial charge in [-0.05, 0) is 6.42 Å². The van der Waals surface area contributed by atoms with Crippen LogP contribution >= 0.6 is 0 Å². The Kier molecular flexibility index (Phi) is 6.14. The second-order valence-electron chi connectivity index (χ2n) is 4.37. The molecule has 0 heterocycles. The molecule has 0 aliphatic heterocycles. The number of nitrogens with one attached hydrogen (secondary N) is 1. The summed E-state index contributed by atoms with van der Waals surface area (Å²) in [7, 11) is -3.70. The predicted molar refractivity (Wildman–Crippen MR) is 64.1 cm³/mol. The number of carbonyl (C=O) groups is 2. The monoisotopic (exact) mass is 336 g/mol. The molecule has 0 aromatic carbocycles. The summed E-state index contributed by atoms with van der Waals surface area (Å²) < 4.78 is 56.4. The van der Waals surface area contributed by atoms with E-state index in [2.05, 4.69) is 0 Å². The molecule has 21 heavy (non-hydrogen) atoms. The molecule has 12 heteroatoms. The topological polar surface area (TPSA) is 162 Å². The van der Waals surface area contributed by atoms with E-state index in [9.17, 15) is 27.0 Å². The van der Waals surface area contributed by atoms with Crippen molar-refractivity contribution in [2.75, 3.05) is 11.5 Å². The van der Waals surface area contributed by atoms with Crippen molar-refractivity contribution >= 4 is 21.7 Å². The van der Waals surface area contributed by atoms with Crippen molar-refractivity contribution in [3.05, 3.63) is 0 Å². The van der Waals surface area contributed by atoms with Crippen LogP contribution in [0.25, 0.3) is 0 Å². The summed E-state index contributed by atoms with van der Waals surface area (Å²) in [5, 5.41) is 26.0. The van der Waals surface area contributed by atoms with E-state index >= 15 is 0 Å². The second-order valence-corrected chi connectivity index (χ2v) is 6.81. The zero-order valence-electron chi connectivity index (χ0n) is 10.6. The molecule has 0 aliphatic rings. The maximum Gasteiger partial charge on any atom is 0.428 e. The molecule has 0 fully saturated rings. The van der Waals surface area contributed by atoms with E-state index in [1.54, 1.807) is 0 Å². The van der Waals surface area contributed by atoms with Crippen molar-refractivity contribution in [1.82, 2.24) is 0 Å². The lowest BCUT2D eigenvalue weighted by Gasteiger charge is -2.26. The predicted octanol–water partition coefficient (Wildman–Crippen LogP) is -0.397. The number of aliphatic carboxylic acids is 2. The van der Waals surface area contributed by atoms with Gasteiger partial charge in [0.1, 0.15) is 6.04 Å². The highest BCUT2D eigenvalue weighted by Gasteiger charge is 2.59. The van der Waals surface area contributed by atoms with E-state index in [-0.39, 0.29) is 0 Å². The highest BCUT2D eigenvalue weighted by molar-refractivity contribution is 7.92. The highest BCUT2D eigenvalue weighted by Crippen LogP contribution is 2.33. The van der Waals surface area contributed by atoms with E-state index in [4.69, 9.17) is 25.8 Å². The first kappa shape index (κ1) is 19.6. The van der Waals surface area contributed by atoms with Crippen molar-refractivity contribution in [3.8, 4) is 0 Å². The summed E-state index contributed by atoms with van der Waals surface area (Å²) >= 11 is 0. The number of hydrogen-bond donors (Lipinski definition) is 5. The summed E-state index contributed by atoms with van der Waals surface area (Å²) in [5.41, 5.74) is 0.986. The number of hydrogen-bond acceptors (Lipinski definition) is 6. The van der Waals surface area contributed by atoms with E-state index in [1.165, 1.54) is 0 Å². The van der Waals surface area contributed by atoms with Crippen LogP contribution in [0, 0.1) is 4.78 Å². The molecule has 8 nitrogen and oxygen atoms in total. The number of carboxylic acids is 2. The van der Waals surface area contributed by atoms with Crippen LogP contribution in [-0.2, 0) is 19.3 Å². The van der Waals surface area contributed by atoms with Crippen LogP contribution in [0.1, 0.15) is 12.8 Å². The Bertz CT molecular complexity index is 506. The van der Waals surface area contributed by atoms with Gasteiger partial charge in [0.25, 0.3) is 5.60 Å². The Labute approximate surface area is 117 Å². The minimum absolute atomic E-state index is 0.421. The molecule has 0 rings (SSSR count). The van der Waals surface area contributed by atoms with Gasteiger partial charge in [-0.15, -0.1) is 0 Å². The Balaban J connectivity index is 4.82. The first-order chi connectivity index (χ1) is 9.23. The fourth-order valence-electron chi connectivity index (χ4n) is 1.23. The van der Waals surface area contributed by atoms with Gasteiger partial charge in [-0.3, -0.25) is 9.57 Å². The van der Waals surface area contributed by atoms with Crippen molar-refractivity contribution < 1.29 is 42.3 Å². The SMILES string of the molecule is N=S(=O)(CC[C@H](N)C(=O)O)CCC(O)(C(=O)O)C(F)(F)F. The number of aliphatic hydroxyl groups is 1. The fourth-order valence-corrected chi connectivity index (χ4v) is 2.69. The molecular formula is C9H15F3N2O6S. The van der Waals surface area contributed by atoms with Crippen LogP contribution in [0.2, 0.25) is 0 Å². The normalized spacial score (nSPS) is 19.3. The average molecular weight is 336 g/mol. The van der Waals surface area contributed by atoms with Crippen LogP contribution in [0.3, 0.4) is 0 Å². The largest absolute Gasteiger partial charge is 0.480 e. The Morgan fingerprint density at radius 1 is 1.24 bits per heavy atom. The summed E-state index contributed by atoms with van der Waals surface area (Å²) in [4.78, 5) is 20.9. The molecule has 0 bridgehead atoms. The molecule has 0 aromatic rings. The van der Waals surface area contributed by atoms with Crippen LogP contribution < -0.4 is 5.73 Å². The van der Waals surface area contributed by atoms with Crippen LogP contribution in [0.15, 0.2) is 0 Å². The lowest BCUT2D eigenvalue weighted by atomic mass is 10.0. The molecule has 0 aromatic heterocycles. The molecule has 2 unspecified atom stereocenters. The minimum Gasteiger partial charge on any atom is -0.480 e. The number of carboxylic acid groups (broad SMARTS) is 2. The van der Waals surface area contributed by atoms with Crippen molar-refractivity contribution in [2.24, 2.45) is 5.73 Å². The van der Waals surface area contributed by atoms with Gasteiger partial charge in [0, 0.05) is 27.7 Å². The zero-order chi connectivity index (χ0) is 17.1. The molecule has 6 N–H and O–H groups in total. The maximum absolute atomic E-state index is 12.5. The van der Waals surface area contributed by atoms with Crippen molar-refractivity contribution in [3.63, 3.8) is 0 Å². The van der Waals surface area contributed by atoms with Gasteiger partial charge in [-0.2, -0.15) is 13.2 Å². The first-order valence-corrected chi connectivity index (χ1v) is 7.37. The molecule has 124 valence electrons. The molecule has 0 radical (unpaired) electrons. The number of alkyl halides is 3. The van der Waals surface area contributed by atoms with Gasteiger partial charge >= 0.3 is 18.1 Å². The van der Waals surface area contributed by atoms with Gasteiger partial charge in [0.05, 0.1) is 0 Å². The van der Waals surface area contributed by atoms with Crippen LogP contribution in [-0.4, -0.2) is 60.8 Å². The second kappa shape index (κ2) is 6.58. The third-order valence-electron chi connectivity index (χ3n) is 2.69. The Morgan fingerprint density at radius 3 is 2.05 bits per heavy atom. The van der Waals surface area contributed by atoms with Gasteiger partial charge in [0.2, 0.25) is 0 Å². The molecular weight excluding hydrogens is 321 g/mol. The van der Waals surface area contributed by atoms with E-state index in [0.717, 1.165) is 0 Å². The first-order valence-electron chi connectivity index (χ1n) is 5.48. The maximum atomic E-state index is 12.5. The van der Waals surface area contributed by atoms with E-state index in [1.807, 2.05) is 0 Å². The summed E-state index contributed by atoms with van der Waals surface area (Å²) in [6, 6.07) is -1.43. The van der Waals surface area contributed by atoms with E-state index in [0.29, 0.717) is 0 Å². The summed E-state index contributed by atoms with van der Waals surface area (Å²) in [5.74, 6) is -5.66. The smallest absolute Gasteiger partial charge is 0.428 e. The molecule has 0 spiro atoms. The zero-order valence-corrected chi connectivity index (χ0v) is 11.4. The number of rotatable bonds is 8. The van der Waals surface area contributed by atoms with Crippen molar-refractivity contribution in [1.29, 1.82) is 4.78 Å². The Morgan fingerprint density at radius 2 is 1.71 bits per heavy atom. The highest BCUT2D eigenvalue weighted by atomic mass is 32.2. The average Bonchev–Trinajstić information content (AvgIpc) is 2.31. The minimum atomic E-state index is -5.49. The molecule has 0 saturated carbocycles. The quantitative estimate of drug-likeness (QED) is 0.403. The van der Waals surface area contributed by atoms with E-state index < -0.39 is 63.8 Å². The van der Waals surface area contributed by atoms with Crippen molar-refractivity contribution in [2.45, 2.75) is 30.7 Å². The molecule has 3 atom stereocenters.